The van der Waals surface area contributed by atoms with Crippen LogP contribution in [0, 0.1) is 71.1 Å². The quantitative estimate of drug-likeness (QED) is 0.101. The van der Waals surface area contributed by atoms with Crippen LogP contribution in [0.5, 0.6) is 0 Å². The highest BCUT2D eigenvalue weighted by atomic mass is 28.3. The van der Waals surface area contributed by atoms with Crippen molar-refractivity contribution >= 4 is 41.5 Å². The van der Waals surface area contributed by atoms with Gasteiger partial charge in [0.25, 0.3) is 0 Å². The number of hydrogen-bond acceptors (Lipinski definition) is 0. The summed E-state index contributed by atoms with van der Waals surface area (Å²) in [5.74, 6) is 1.75. The highest BCUT2D eigenvalue weighted by Crippen LogP contribution is 2.90. The van der Waals surface area contributed by atoms with Gasteiger partial charge in [0, 0.05) is 5.41 Å². The smallest absolute Gasteiger partial charge is 0.0843 e. The molecule has 5 atom stereocenters. The lowest BCUT2D eigenvalue weighted by Gasteiger charge is -2.73. The predicted molar refractivity (Wildman–Crippen MR) is 344 cm³/mol. The molecular weight excluding hydrogens is 976 g/mol. The van der Waals surface area contributed by atoms with Crippen LogP contribution in [-0.2, 0) is 11.8 Å². The fraction of sp³-hybridized carbons (Fsp3) is 0.282. The van der Waals surface area contributed by atoms with Crippen molar-refractivity contribution in [3.05, 3.63) is 278 Å². The Labute approximate surface area is 479 Å². The van der Waals surface area contributed by atoms with Crippen molar-refractivity contribution in [2.75, 3.05) is 0 Å². The minimum Gasteiger partial charge on any atom is -0.0843 e. The summed E-state index contributed by atoms with van der Waals surface area (Å²) >= 11 is 0. The van der Waals surface area contributed by atoms with E-state index in [4.69, 9.17) is 0 Å². The van der Waals surface area contributed by atoms with Gasteiger partial charge in [-0.3, -0.25) is 0 Å². The summed E-state index contributed by atoms with van der Waals surface area (Å²) in [6.07, 6.45) is 25.4. The van der Waals surface area contributed by atoms with E-state index >= 15 is 0 Å². The molecule has 0 heterocycles. The number of allylic oxidation sites excluding steroid dienone is 8. The lowest BCUT2D eigenvalue weighted by atomic mass is 9.30. The standard InChI is InChI=1S/C78H77BSi/c1-52-40-55(4)74(56(5)41-52)79(75-57(6)42-53(2)43-58(75)7)67-37-28-54(3)72(47-67)73-45-61(29-30-62(73)44-59-20-12-8-13-21-59)60-31-33-64(34-32-60)77-49-66-46-65-48-76(50-77,51-78(65,66)77)63-35-38-71(39-36-63)80(68-22-14-9-15-23-68,69-24-16-10-17-25-69)70-26-18-11-19-27-70/h8-10,12-18,20-35,37-38,40-43,45,47,65-66H,11,19,36,39,44,46,48-51H2,1-7H3. The molecule has 396 valence electrons. The van der Waals surface area contributed by atoms with Crippen LogP contribution in [0.15, 0.2) is 222 Å². The fourth-order valence-electron chi connectivity index (χ4n) is 18.6. The largest absolute Gasteiger partial charge is 0.242 e. The molecule has 0 saturated heterocycles. The number of rotatable bonds is 13. The van der Waals surface area contributed by atoms with Crippen molar-refractivity contribution in [3.63, 3.8) is 0 Å². The summed E-state index contributed by atoms with van der Waals surface area (Å²) in [7, 11) is -2.46. The van der Waals surface area contributed by atoms with Gasteiger partial charge in [0.15, 0.2) is 8.07 Å². The van der Waals surface area contributed by atoms with Gasteiger partial charge in [0.2, 0.25) is 6.71 Å². The van der Waals surface area contributed by atoms with E-state index in [1.165, 1.54) is 138 Å². The van der Waals surface area contributed by atoms with Gasteiger partial charge < -0.3 is 0 Å². The summed E-state index contributed by atoms with van der Waals surface area (Å²) in [5, 5.41) is 6.29. The molecule has 0 N–H and O–H groups in total. The normalized spacial score (nSPS) is 23.4. The molecule has 0 aliphatic heterocycles. The minimum absolute atomic E-state index is 0.111. The average Bonchev–Trinajstić information content (AvgIpc) is 3.28. The molecule has 8 aromatic rings. The SMILES string of the molecule is Cc1cc(C)c(B(c2ccc(C)c(-c3cc(-c4ccc(C56CC7CC8CC(C9=CC=C([Si](C%10=CCCC=C%10)(c%10ccccc%10)c%10ccccc%10)CC9)(C5)CC876)cc4)ccc3Cc3ccccc3)c2)c2c(C)cc(C)cc2C)c(C)c1. The van der Waals surface area contributed by atoms with Gasteiger partial charge in [-0.15, -0.1) is 0 Å². The Morgan fingerprint density at radius 2 is 1.14 bits per heavy atom. The lowest BCUT2D eigenvalue weighted by molar-refractivity contribution is -0.200. The third kappa shape index (κ3) is 7.89. The molecule has 5 unspecified atom stereocenters. The molecular formula is C78H77BSi. The first kappa shape index (κ1) is 51.2. The summed E-state index contributed by atoms with van der Waals surface area (Å²) < 4.78 is 0. The zero-order chi connectivity index (χ0) is 54.5. The highest BCUT2D eigenvalue weighted by molar-refractivity contribution is 7.12. The van der Waals surface area contributed by atoms with Crippen LogP contribution in [0.3, 0.4) is 0 Å². The molecule has 0 amide bonds. The molecule has 2 bridgehead atoms. The molecule has 0 aromatic heterocycles. The maximum Gasteiger partial charge on any atom is 0.242 e. The Hall–Kier alpha value is -7.00. The summed E-state index contributed by atoms with van der Waals surface area (Å²) in [6.45, 7) is 16.2. The van der Waals surface area contributed by atoms with E-state index in [0.29, 0.717) is 10.8 Å². The summed E-state index contributed by atoms with van der Waals surface area (Å²) in [6, 6.07) is 68.9. The number of fused-ring (bicyclic) bond motifs is 1. The second-order valence-electron chi connectivity index (χ2n) is 26.0. The molecule has 1 spiro atoms. The number of aryl methyl sites for hydroxylation is 7. The Bertz CT molecular complexity index is 3730. The first-order valence-electron chi connectivity index (χ1n) is 30.3. The lowest BCUT2D eigenvalue weighted by Crippen LogP contribution is -2.69. The van der Waals surface area contributed by atoms with Gasteiger partial charge in [-0.2, -0.15) is 0 Å². The topological polar surface area (TPSA) is 0 Å². The van der Waals surface area contributed by atoms with Gasteiger partial charge >= 0.3 is 0 Å². The molecule has 6 aliphatic carbocycles. The maximum atomic E-state index is 2.70. The van der Waals surface area contributed by atoms with Crippen LogP contribution in [-0.4, -0.2) is 14.8 Å². The van der Waals surface area contributed by atoms with E-state index in [1.807, 2.05) is 0 Å². The van der Waals surface area contributed by atoms with Crippen molar-refractivity contribution in [2.24, 2.45) is 22.7 Å². The third-order valence-electron chi connectivity index (χ3n) is 21.6. The second kappa shape index (κ2) is 19.6. The zero-order valence-electron chi connectivity index (χ0n) is 48.4. The minimum atomic E-state index is -2.46. The zero-order valence-corrected chi connectivity index (χ0v) is 49.4. The second-order valence-corrected chi connectivity index (χ2v) is 29.9. The van der Waals surface area contributed by atoms with E-state index in [-0.39, 0.29) is 12.1 Å². The average molecular weight is 1050 g/mol. The predicted octanol–water partition coefficient (Wildman–Crippen LogP) is 16.0. The first-order valence-corrected chi connectivity index (χ1v) is 32.3. The molecule has 0 nitrogen and oxygen atoms in total. The van der Waals surface area contributed by atoms with E-state index < -0.39 is 8.07 Å². The van der Waals surface area contributed by atoms with Gasteiger partial charge in [-0.1, -0.05) is 261 Å². The van der Waals surface area contributed by atoms with Crippen LogP contribution in [0.1, 0.15) is 113 Å². The molecule has 2 heteroatoms. The first-order chi connectivity index (χ1) is 38.9. The molecule has 6 aliphatic rings. The van der Waals surface area contributed by atoms with E-state index in [9.17, 15) is 0 Å². The monoisotopic (exact) mass is 1050 g/mol. The van der Waals surface area contributed by atoms with Crippen LogP contribution in [0.25, 0.3) is 22.3 Å². The Balaban J connectivity index is 0.822. The summed E-state index contributed by atoms with van der Waals surface area (Å²) in [4.78, 5) is 0. The fourth-order valence-corrected chi connectivity index (χ4v) is 23.8. The Morgan fingerprint density at radius 3 is 1.73 bits per heavy atom. The third-order valence-corrected chi connectivity index (χ3v) is 26.6. The summed E-state index contributed by atoms with van der Waals surface area (Å²) in [5.41, 5.74) is 26.1. The van der Waals surface area contributed by atoms with Crippen molar-refractivity contribution in [1.82, 2.24) is 0 Å². The van der Waals surface area contributed by atoms with Crippen LogP contribution in [0.4, 0.5) is 0 Å². The molecule has 8 aromatic carbocycles. The molecule has 4 saturated carbocycles. The number of hydrogen-bond donors (Lipinski definition) is 0. The van der Waals surface area contributed by atoms with Crippen LogP contribution >= 0.6 is 0 Å². The van der Waals surface area contributed by atoms with Crippen LogP contribution < -0.4 is 26.8 Å². The molecule has 14 rings (SSSR count). The van der Waals surface area contributed by atoms with Crippen molar-refractivity contribution in [1.29, 1.82) is 0 Å². The van der Waals surface area contributed by atoms with Gasteiger partial charge in [-0.25, -0.2) is 0 Å². The van der Waals surface area contributed by atoms with E-state index in [0.717, 1.165) is 37.5 Å². The number of benzene rings is 8. The van der Waals surface area contributed by atoms with E-state index in [2.05, 4.69) is 255 Å². The maximum absolute atomic E-state index is 2.70. The van der Waals surface area contributed by atoms with Gasteiger partial charge in [0.1, 0.15) is 0 Å². The molecule has 4 fully saturated rings. The molecule has 0 radical (unpaired) electrons. The van der Waals surface area contributed by atoms with Crippen molar-refractivity contribution < 1.29 is 0 Å². The van der Waals surface area contributed by atoms with Gasteiger partial charge in [-0.05, 0) is 201 Å². The Kier molecular flexibility index (Phi) is 12.6. The highest BCUT2D eigenvalue weighted by Gasteiger charge is 2.84. The van der Waals surface area contributed by atoms with Crippen molar-refractivity contribution in [3.8, 4) is 22.3 Å². The Morgan fingerprint density at radius 1 is 0.525 bits per heavy atom. The van der Waals surface area contributed by atoms with Gasteiger partial charge in [0.05, 0.1) is 0 Å². The van der Waals surface area contributed by atoms with Crippen LogP contribution in [0.2, 0.25) is 0 Å². The van der Waals surface area contributed by atoms with E-state index in [1.54, 1.807) is 21.5 Å². The van der Waals surface area contributed by atoms with Crippen molar-refractivity contribution in [2.45, 2.75) is 118 Å². The molecule has 80 heavy (non-hydrogen) atoms.